The Balaban J connectivity index is 2.01. The number of fused-ring (bicyclic) bond motifs is 1. The van der Waals surface area contributed by atoms with Crippen LogP contribution in [0.1, 0.15) is 12.0 Å². The van der Waals surface area contributed by atoms with Gasteiger partial charge in [0.15, 0.2) is 0 Å². The fourth-order valence-electron chi connectivity index (χ4n) is 2.82. The summed E-state index contributed by atoms with van der Waals surface area (Å²) in [6, 6.07) is 6.00. The Morgan fingerprint density at radius 2 is 2.24 bits per heavy atom. The lowest BCUT2D eigenvalue weighted by molar-refractivity contribution is 0.419. The van der Waals surface area contributed by atoms with Gasteiger partial charge in [0, 0.05) is 51.7 Å². The van der Waals surface area contributed by atoms with E-state index in [-0.39, 0.29) is 0 Å². The molecule has 0 amide bonds. The minimum atomic E-state index is -2.12. The fourth-order valence-corrected chi connectivity index (χ4v) is 3.69. The Kier molecular flexibility index (Phi) is 3.55. The van der Waals surface area contributed by atoms with E-state index in [0.717, 1.165) is 29.6 Å². The van der Waals surface area contributed by atoms with Crippen LogP contribution in [0.25, 0.3) is 16.5 Å². The highest BCUT2D eigenvalue weighted by Gasteiger charge is 2.19. The average molecular weight is 304 g/mol. The van der Waals surface area contributed by atoms with Crippen molar-refractivity contribution in [1.82, 2.24) is 9.29 Å². The second-order valence-electron chi connectivity index (χ2n) is 5.41. The largest absolute Gasteiger partial charge is 0.496 e. The standard InChI is InChI=1S/C16H20N2O2S/c1-20-15-6-4-5-14-16(15)13(11-17-14)12-7-9-18(10-8-12)21(2,3)19/h4-7,11,17H,2,8-10H2,1,3H3. The van der Waals surface area contributed by atoms with Crippen LogP contribution in [0, 0.1) is 0 Å². The minimum absolute atomic E-state index is 0.677. The quantitative estimate of drug-likeness (QED) is 0.886. The predicted molar refractivity (Wildman–Crippen MR) is 90.2 cm³/mol. The first-order valence-electron chi connectivity index (χ1n) is 6.91. The van der Waals surface area contributed by atoms with E-state index in [2.05, 4.69) is 16.9 Å². The molecule has 0 saturated carbocycles. The summed E-state index contributed by atoms with van der Waals surface area (Å²) >= 11 is 0. The second-order valence-corrected chi connectivity index (χ2v) is 7.85. The van der Waals surface area contributed by atoms with Gasteiger partial charge in [0.25, 0.3) is 0 Å². The first kappa shape index (κ1) is 14.2. The van der Waals surface area contributed by atoms with E-state index in [9.17, 15) is 4.21 Å². The van der Waals surface area contributed by atoms with Crippen molar-refractivity contribution in [3.63, 3.8) is 0 Å². The van der Waals surface area contributed by atoms with Gasteiger partial charge in [-0.15, -0.1) is 0 Å². The van der Waals surface area contributed by atoms with Crippen LogP contribution < -0.4 is 4.74 Å². The van der Waals surface area contributed by atoms with Crippen molar-refractivity contribution < 1.29 is 8.95 Å². The Morgan fingerprint density at radius 1 is 1.43 bits per heavy atom. The molecule has 2 heterocycles. The molecular formula is C16H20N2O2S. The molecule has 0 radical (unpaired) electrons. The molecule has 112 valence electrons. The van der Waals surface area contributed by atoms with E-state index < -0.39 is 9.71 Å². The van der Waals surface area contributed by atoms with Gasteiger partial charge in [-0.05, 0) is 30.0 Å². The maximum Gasteiger partial charge on any atom is 0.128 e. The van der Waals surface area contributed by atoms with Crippen LogP contribution in [-0.2, 0) is 9.71 Å². The summed E-state index contributed by atoms with van der Waals surface area (Å²) in [5.41, 5.74) is 3.52. The fraction of sp³-hybridized carbons (Fsp3) is 0.312. The highest BCUT2D eigenvalue weighted by molar-refractivity contribution is 7.97. The SMILES string of the molecule is C=S(C)(=O)N1CC=C(c2c[nH]c3cccc(OC)c23)CC1. The molecule has 1 unspecified atom stereocenters. The van der Waals surface area contributed by atoms with E-state index in [1.807, 2.05) is 28.7 Å². The molecular weight excluding hydrogens is 284 g/mol. The molecule has 21 heavy (non-hydrogen) atoms. The number of nitrogens with one attached hydrogen (secondary N) is 1. The zero-order valence-electron chi connectivity index (χ0n) is 12.4. The number of ether oxygens (including phenoxy) is 1. The summed E-state index contributed by atoms with van der Waals surface area (Å²) in [5, 5.41) is 1.12. The molecule has 1 aliphatic rings. The zero-order valence-corrected chi connectivity index (χ0v) is 13.2. The van der Waals surface area contributed by atoms with Gasteiger partial charge in [0.1, 0.15) is 5.75 Å². The first-order valence-corrected chi connectivity index (χ1v) is 9.01. The number of rotatable bonds is 3. The van der Waals surface area contributed by atoms with Crippen molar-refractivity contribution >= 4 is 32.1 Å². The van der Waals surface area contributed by atoms with E-state index in [1.165, 1.54) is 11.1 Å². The van der Waals surface area contributed by atoms with Gasteiger partial charge in [0.05, 0.1) is 7.11 Å². The molecule has 0 fully saturated rings. The molecule has 1 aromatic carbocycles. The van der Waals surface area contributed by atoms with Crippen LogP contribution in [-0.4, -0.2) is 45.8 Å². The predicted octanol–water partition coefficient (Wildman–Crippen LogP) is 2.53. The number of hydrogen-bond donors (Lipinski definition) is 1. The van der Waals surface area contributed by atoms with Crippen LogP contribution in [0.3, 0.4) is 0 Å². The number of benzene rings is 1. The van der Waals surface area contributed by atoms with Crippen molar-refractivity contribution in [2.45, 2.75) is 6.42 Å². The molecule has 1 aliphatic heterocycles. The van der Waals surface area contributed by atoms with Gasteiger partial charge >= 0.3 is 0 Å². The molecule has 0 bridgehead atoms. The number of nitrogens with zero attached hydrogens (tertiary/aromatic N) is 1. The molecule has 4 nitrogen and oxygen atoms in total. The van der Waals surface area contributed by atoms with E-state index in [1.54, 1.807) is 13.4 Å². The summed E-state index contributed by atoms with van der Waals surface area (Å²) in [7, 11) is -0.425. The molecule has 3 rings (SSSR count). The molecule has 2 aromatic rings. The molecule has 0 aliphatic carbocycles. The second kappa shape index (κ2) is 5.24. The Bertz CT molecular complexity index is 803. The number of aromatic amines is 1. The Hall–Kier alpha value is -1.72. The van der Waals surface area contributed by atoms with Crippen LogP contribution in [0.2, 0.25) is 0 Å². The molecule has 5 heteroatoms. The number of methoxy groups -OCH3 is 1. The summed E-state index contributed by atoms with van der Waals surface area (Å²) in [4.78, 5) is 3.30. The molecule has 0 spiro atoms. The zero-order chi connectivity index (χ0) is 15.0. The van der Waals surface area contributed by atoms with Gasteiger partial charge in [0.2, 0.25) is 0 Å². The summed E-state index contributed by atoms with van der Waals surface area (Å²) in [5.74, 6) is 4.64. The molecule has 1 N–H and O–H groups in total. The first-order chi connectivity index (χ1) is 10.0. The molecule has 0 saturated heterocycles. The van der Waals surface area contributed by atoms with Crippen LogP contribution in [0.4, 0.5) is 0 Å². The van der Waals surface area contributed by atoms with Gasteiger partial charge < -0.3 is 9.72 Å². The van der Waals surface area contributed by atoms with E-state index in [4.69, 9.17) is 4.74 Å². The maximum absolute atomic E-state index is 12.0. The topological polar surface area (TPSA) is 45.3 Å². The lowest BCUT2D eigenvalue weighted by Gasteiger charge is -2.27. The monoisotopic (exact) mass is 304 g/mol. The summed E-state index contributed by atoms with van der Waals surface area (Å²) in [6.45, 7) is 1.45. The third-order valence-corrected chi connectivity index (χ3v) is 5.38. The van der Waals surface area contributed by atoms with Gasteiger partial charge in [-0.1, -0.05) is 12.1 Å². The third kappa shape index (κ3) is 2.59. The average Bonchev–Trinajstić information content (AvgIpc) is 2.90. The van der Waals surface area contributed by atoms with Crippen molar-refractivity contribution in [3.8, 4) is 5.75 Å². The third-order valence-electron chi connectivity index (χ3n) is 3.95. The lowest BCUT2D eigenvalue weighted by atomic mass is 9.99. The van der Waals surface area contributed by atoms with Gasteiger partial charge in [-0.25, -0.2) is 4.31 Å². The maximum atomic E-state index is 12.0. The van der Waals surface area contributed by atoms with Gasteiger partial charge in [-0.2, -0.15) is 0 Å². The van der Waals surface area contributed by atoms with Crippen LogP contribution in [0.5, 0.6) is 5.75 Å². The van der Waals surface area contributed by atoms with Crippen molar-refractivity contribution in [2.24, 2.45) is 0 Å². The van der Waals surface area contributed by atoms with Crippen molar-refractivity contribution in [3.05, 3.63) is 36.0 Å². The lowest BCUT2D eigenvalue weighted by Crippen LogP contribution is -2.33. The smallest absolute Gasteiger partial charge is 0.128 e. The normalized spacial score (nSPS) is 19.2. The van der Waals surface area contributed by atoms with E-state index in [0.29, 0.717) is 6.54 Å². The Morgan fingerprint density at radius 3 is 2.86 bits per heavy atom. The summed E-state index contributed by atoms with van der Waals surface area (Å²) < 4.78 is 19.4. The number of aromatic nitrogens is 1. The van der Waals surface area contributed by atoms with Crippen molar-refractivity contribution in [1.29, 1.82) is 0 Å². The van der Waals surface area contributed by atoms with Crippen LogP contribution >= 0.6 is 0 Å². The number of H-pyrrole nitrogens is 1. The summed E-state index contributed by atoms with van der Waals surface area (Å²) in [6.07, 6.45) is 6.74. The van der Waals surface area contributed by atoms with Crippen molar-refractivity contribution in [2.75, 3.05) is 26.5 Å². The minimum Gasteiger partial charge on any atom is -0.496 e. The van der Waals surface area contributed by atoms with Gasteiger partial charge in [-0.3, -0.25) is 4.21 Å². The number of hydrogen-bond acceptors (Lipinski definition) is 2. The highest BCUT2D eigenvalue weighted by atomic mass is 32.2. The Labute approximate surface area is 125 Å². The van der Waals surface area contributed by atoms with E-state index >= 15 is 0 Å². The van der Waals surface area contributed by atoms with Crippen LogP contribution in [0.15, 0.2) is 30.5 Å². The molecule has 1 atom stereocenters. The molecule has 1 aromatic heterocycles. The highest BCUT2D eigenvalue weighted by Crippen LogP contribution is 2.35.